The van der Waals surface area contributed by atoms with Crippen molar-refractivity contribution in [2.75, 3.05) is 6.54 Å². The number of amides is 4. The number of phenolic OH excluding ortho intramolecular Hbond substituents is 1. The van der Waals surface area contributed by atoms with E-state index in [-0.39, 0.29) is 37.5 Å². The molecule has 0 fully saturated rings. The number of nitrogens with zero attached hydrogens (tertiary/aromatic N) is 1. The molecule has 4 unspecified atom stereocenters. The third kappa shape index (κ3) is 12.5. The maximum Gasteiger partial charge on any atom is 0.326 e. The van der Waals surface area contributed by atoms with Gasteiger partial charge in [0.1, 0.15) is 23.9 Å². The van der Waals surface area contributed by atoms with Gasteiger partial charge in [-0.15, -0.1) is 0 Å². The summed E-state index contributed by atoms with van der Waals surface area (Å²) < 4.78 is 0. The number of aliphatic carboxylic acids is 2. The molecule has 1 rings (SSSR count). The number of nitrogens with two attached hydrogens (primary N) is 4. The third-order valence-electron chi connectivity index (χ3n) is 5.34. The lowest BCUT2D eigenvalue weighted by atomic mass is 10.0. The molecule has 1 aromatic rings. The first-order chi connectivity index (χ1) is 18.7. The summed E-state index contributed by atoms with van der Waals surface area (Å²) >= 11 is 0. The van der Waals surface area contributed by atoms with Crippen molar-refractivity contribution in [2.24, 2.45) is 27.9 Å². The molecular formula is C23H34N8O9. The minimum atomic E-state index is -1.62. The Kier molecular flexibility index (Phi) is 13.3. The van der Waals surface area contributed by atoms with Crippen LogP contribution in [-0.4, -0.2) is 87.6 Å². The Balaban J connectivity index is 3.10. The van der Waals surface area contributed by atoms with Gasteiger partial charge < -0.3 is 54.2 Å². The highest BCUT2D eigenvalue weighted by Gasteiger charge is 2.31. The second-order valence-electron chi connectivity index (χ2n) is 8.72. The van der Waals surface area contributed by atoms with Gasteiger partial charge in [-0.2, -0.15) is 0 Å². The zero-order valence-electron chi connectivity index (χ0n) is 21.4. The van der Waals surface area contributed by atoms with Gasteiger partial charge in [0.05, 0.1) is 18.9 Å². The number of rotatable bonds is 17. The fourth-order valence-electron chi connectivity index (χ4n) is 3.35. The Labute approximate surface area is 228 Å². The molecule has 4 amide bonds. The molecule has 14 N–H and O–H groups in total. The first kappa shape index (κ1) is 33.1. The van der Waals surface area contributed by atoms with Gasteiger partial charge in [0, 0.05) is 13.0 Å². The number of phenols is 1. The van der Waals surface area contributed by atoms with Crippen LogP contribution in [0.15, 0.2) is 29.3 Å². The van der Waals surface area contributed by atoms with Crippen LogP contribution in [0.5, 0.6) is 5.75 Å². The molecule has 17 nitrogen and oxygen atoms in total. The maximum absolute atomic E-state index is 13.1. The van der Waals surface area contributed by atoms with Crippen molar-refractivity contribution in [3.63, 3.8) is 0 Å². The van der Waals surface area contributed by atoms with Crippen molar-refractivity contribution in [3.8, 4) is 5.75 Å². The minimum absolute atomic E-state index is 0.0373. The first-order valence-electron chi connectivity index (χ1n) is 11.9. The highest BCUT2D eigenvalue weighted by molar-refractivity contribution is 5.96. The summed E-state index contributed by atoms with van der Waals surface area (Å²) in [6.07, 6.45) is -1.56. The van der Waals surface area contributed by atoms with E-state index in [0.29, 0.717) is 5.56 Å². The molecule has 0 saturated carbocycles. The highest BCUT2D eigenvalue weighted by atomic mass is 16.4. The van der Waals surface area contributed by atoms with Gasteiger partial charge in [-0.05, 0) is 30.5 Å². The quantitative estimate of drug-likeness (QED) is 0.0493. The number of primary amides is 1. The summed E-state index contributed by atoms with van der Waals surface area (Å²) in [6, 6.07) is -0.333. The predicted molar refractivity (Wildman–Crippen MR) is 139 cm³/mol. The van der Waals surface area contributed by atoms with E-state index in [1.807, 2.05) is 0 Å². The van der Waals surface area contributed by atoms with Gasteiger partial charge in [-0.3, -0.25) is 29.0 Å². The Bertz CT molecular complexity index is 1110. The number of carboxylic acids is 2. The van der Waals surface area contributed by atoms with Crippen LogP contribution in [0.1, 0.15) is 31.2 Å². The summed E-state index contributed by atoms with van der Waals surface area (Å²) in [5.41, 5.74) is 21.7. The van der Waals surface area contributed by atoms with Crippen molar-refractivity contribution in [3.05, 3.63) is 29.8 Å². The molecule has 0 saturated heterocycles. The van der Waals surface area contributed by atoms with Crippen LogP contribution in [0.3, 0.4) is 0 Å². The summed E-state index contributed by atoms with van der Waals surface area (Å²) in [5.74, 6) is -7.01. The normalized spacial score (nSPS) is 13.5. The van der Waals surface area contributed by atoms with Gasteiger partial charge in [-0.25, -0.2) is 4.79 Å². The third-order valence-corrected chi connectivity index (χ3v) is 5.34. The number of hydrogen-bond acceptors (Lipinski definition) is 9. The molecule has 0 radical (unpaired) electrons. The first-order valence-corrected chi connectivity index (χ1v) is 11.9. The number of benzene rings is 1. The zero-order chi connectivity index (χ0) is 30.4. The van der Waals surface area contributed by atoms with E-state index < -0.39 is 72.6 Å². The number of hydrogen-bond donors (Lipinski definition) is 10. The van der Waals surface area contributed by atoms with Crippen molar-refractivity contribution in [2.45, 2.75) is 56.3 Å². The molecule has 0 aliphatic rings. The molecule has 40 heavy (non-hydrogen) atoms. The van der Waals surface area contributed by atoms with E-state index in [9.17, 15) is 39.0 Å². The monoisotopic (exact) mass is 566 g/mol. The number of guanidine groups is 1. The van der Waals surface area contributed by atoms with Crippen molar-refractivity contribution < 1.29 is 44.1 Å². The fraction of sp³-hybridized carbons (Fsp3) is 0.435. The van der Waals surface area contributed by atoms with E-state index in [1.54, 1.807) is 0 Å². The lowest BCUT2D eigenvalue weighted by Gasteiger charge is -2.24. The lowest BCUT2D eigenvalue weighted by molar-refractivity contribution is -0.142. The fourth-order valence-corrected chi connectivity index (χ4v) is 3.35. The van der Waals surface area contributed by atoms with Gasteiger partial charge in [0.25, 0.3) is 0 Å². The highest BCUT2D eigenvalue weighted by Crippen LogP contribution is 2.12. The van der Waals surface area contributed by atoms with Gasteiger partial charge in [0.2, 0.25) is 23.6 Å². The van der Waals surface area contributed by atoms with Crippen molar-refractivity contribution in [1.29, 1.82) is 0 Å². The average Bonchev–Trinajstić information content (AvgIpc) is 2.85. The second kappa shape index (κ2) is 16.1. The molecule has 0 aliphatic heterocycles. The van der Waals surface area contributed by atoms with E-state index in [2.05, 4.69) is 20.9 Å². The van der Waals surface area contributed by atoms with Crippen LogP contribution in [0, 0.1) is 0 Å². The van der Waals surface area contributed by atoms with Crippen LogP contribution >= 0.6 is 0 Å². The molecule has 0 heterocycles. The molecule has 1 aromatic carbocycles. The van der Waals surface area contributed by atoms with E-state index in [1.165, 1.54) is 24.3 Å². The van der Waals surface area contributed by atoms with Crippen LogP contribution < -0.4 is 38.9 Å². The number of nitrogens with one attached hydrogen (secondary N) is 3. The van der Waals surface area contributed by atoms with Gasteiger partial charge >= 0.3 is 11.9 Å². The second-order valence-corrected chi connectivity index (χ2v) is 8.72. The van der Waals surface area contributed by atoms with Crippen LogP contribution in [-0.2, 0) is 35.2 Å². The Morgan fingerprint density at radius 2 is 1.35 bits per heavy atom. The summed E-state index contributed by atoms with van der Waals surface area (Å²) in [6.45, 7) is 0.0589. The Hall–Kier alpha value is -4.93. The van der Waals surface area contributed by atoms with E-state index in [4.69, 9.17) is 28.0 Å². The number of carbonyl (C=O) groups is 6. The smallest absolute Gasteiger partial charge is 0.326 e. The largest absolute Gasteiger partial charge is 0.508 e. The number of carboxylic acid groups (broad SMARTS) is 2. The molecule has 220 valence electrons. The topological polar surface area (TPSA) is 316 Å². The lowest BCUT2D eigenvalue weighted by Crippen LogP contribution is -2.58. The molecular weight excluding hydrogens is 532 g/mol. The standard InChI is InChI=1S/C23H34N8O9/c24-13(9-18(34)35)19(36)30-15(10-17(25)33)21(38)29-14(2-1-7-28-23(26)27)20(37)31-16(22(39)40)8-11-3-5-12(32)6-4-11/h3-6,13-16,32H,1-2,7-10,24H2,(H2,25,33)(H,29,38)(H,30,36)(H,31,37)(H,34,35)(H,39,40)(H4,26,27,28). The zero-order valence-corrected chi connectivity index (χ0v) is 21.4. The van der Waals surface area contributed by atoms with Gasteiger partial charge in [-0.1, -0.05) is 12.1 Å². The molecule has 0 aliphatic carbocycles. The minimum Gasteiger partial charge on any atom is -0.508 e. The van der Waals surface area contributed by atoms with Crippen LogP contribution in [0.2, 0.25) is 0 Å². The number of aliphatic imine (C=N–C) groups is 1. The molecule has 4 atom stereocenters. The van der Waals surface area contributed by atoms with Crippen LogP contribution in [0.25, 0.3) is 0 Å². The average molecular weight is 567 g/mol. The molecule has 0 spiro atoms. The summed E-state index contributed by atoms with van der Waals surface area (Å²) in [4.78, 5) is 76.3. The Morgan fingerprint density at radius 1 is 0.800 bits per heavy atom. The summed E-state index contributed by atoms with van der Waals surface area (Å²) in [7, 11) is 0. The SMILES string of the molecule is NC(=O)CC(NC(=O)C(N)CC(=O)O)C(=O)NC(CCCN=C(N)N)C(=O)NC(Cc1ccc(O)cc1)C(=O)O. The Morgan fingerprint density at radius 3 is 1.88 bits per heavy atom. The predicted octanol–water partition coefficient (Wildman–Crippen LogP) is -3.80. The van der Waals surface area contributed by atoms with E-state index >= 15 is 0 Å². The molecule has 0 aromatic heterocycles. The van der Waals surface area contributed by atoms with Gasteiger partial charge in [0.15, 0.2) is 5.96 Å². The maximum atomic E-state index is 13.1. The van der Waals surface area contributed by atoms with Crippen LogP contribution in [0.4, 0.5) is 0 Å². The van der Waals surface area contributed by atoms with Crippen molar-refractivity contribution in [1.82, 2.24) is 16.0 Å². The van der Waals surface area contributed by atoms with Crippen molar-refractivity contribution >= 4 is 41.5 Å². The number of aromatic hydroxyl groups is 1. The molecule has 0 bridgehead atoms. The number of carbonyl (C=O) groups excluding carboxylic acids is 4. The summed E-state index contributed by atoms with van der Waals surface area (Å²) in [5, 5.41) is 34.7. The molecule has 17 heteroatoms. The van der Waals surface area contributed by atoms with E-state index in [0.717, 1.165) is 0 Å².